The minimum atomic E-state index is -0.984. The number of rotatable bonds is 7. The molecule has 1 heterocycles. The summed E-state index contributed by atoms with van der Waals surface area (Å²) in [4.78, 5) is 37.8. The summed E-state index contributed by atoms with van der Waals surface area (Å²) in [6, 6.07) is 0. The fraction of sp³-hybridized carbons (Fsp3) is 0.800. The molecule has 0 aromatic carbocycles. The fourth-order valence-corrected chi connectivity index (χ4v) is 10.1. The molecule has 4 rings (SSSR count). The first-order chi connectivity index (χ1) is 20.3. The molecule has 9 heteroatoms. The van der Waals surface area contributed by atoms with Crippen LogP contribution in [0.2, 0.25) is 0 Å². The molecule has 1 saturated heterocycles. The minimum Gasteiger partial charge on any atom is -0.469 e. The average molecular weight is 619 g/mol. The SMILES string of the molecule is C=C(C)C1CC(OC(C)=O)C2(C)C3=CCC(C4COC(C)(C)C(O)C(O)C4)C3(C)CCC2C1(C)C(CC(=O)OC)OC(C)=O. The Hall–Kier alpha value is -2.23. The number of aliphatic hydroxyl groups is 2. The number of allylic oxidation sites excluding steroid dienone is 2. The molecule has 0 bridgehead atoms. The number of carbonyl (C=O) groups is 3. The van der Waals surface area contributed by atoms with Crippen molar-refractivity contribution in [2.45, 2.75) is 124 Å². The molecule has 0 aromatic heterocycles. The van der Waals surface area contributed by atoms with Crippen LogP contribution in [-0.4, -0.2) is 71.9 Å². The third-order valence-electron chi connectivity index (χ3n) is 12.2. The number of methoxy groups -OCH3 is 1. The van der Waals surface area contributed by atoms with Crippen molar-refractivity contribution in [1.82, 2.24) is 0 Å². The standard InChI is InChI=1S/C35H54O9/c1-19(2)24-16-28(43-20(3)36)35(9)26-12-11-23(22-15-25(38)31(40)32(5,6)42-18-22)33(26,7)14-13-27(35)34(24,8)29(44-21(4)37)17-30(39)41-10/h12,22-25,27-29,31,38,40H,1,11,13-18H2,2-10H3. The van der Waals surface area contributed by atoms with Crippen LogP contribution in [0.5, 0.6) is 0 Å². The van der Waals surface area contributed by atoms with Crippen molar-refractivity contribution in [2.24, 2.45) is 39.9 Å². The fourth-order valence-electron chi connectivity index (χ4n) is 10.1. The lowest BCUT2D eigenvalue weighted by Gasteiger charge is -2.66. The summed E-state index contributed by atoms with van der Waals surface area (Å²) in [7, 11) is 1.33. The van der Waals surface area contributed by atoms with Gasteiger partial charge in [0.05, 0.1) is 31.8 Å². The average Bonchev–Trinajstić information content (AvgIpc) is 3.24. The monoisotopic (exact) mass is 618 g/mol. The van der Waals surface area contributed by atoms with Gasteiger partial charge < -0.3 is 29.2 Å². The Balaban J connectivity index is 1.82. The second-order valence-corrected chi connectivity index (χ2v) is 15.2. The number of hydrogen-bond donors (Lipinski definition) is 2. The zero-order valence-electron chi connectivity index (χ0n) is 28.1. The predicted molar refractivity (Wildman–Crippen MR) is 164 cm³/mol. The largest absolute Gasteiger partial charge is 0.469 e. The molecule has 3 fully saturated rings. The summed E-state index contributed by atoms with van der Waals surface area (Å²) in [5.41, 5.74) is -0.401. The molecule has 11 atom stereocenters. The highest BCUT2D eigenvalue weighted by atomic mass is 16.6. The van der Waals surface area contributed by atoms with E-state index in [1.165, 1.54) is 26.5 Å². The summed E-state index contributed by atoms with van der Waals surface area (Å²) in [6.45, 7) is 19.7. The van der Waals surface area contributed by atoms with Gasteiger partial charge in [0.15, 0.2) is 0 Å². The Morgan fingerprint density at radius 1 is 1.07 bits per heavy atom. The van der Waals surface area contributed by atoms with Gasteiger partial charge in [-0.3, -0.25) is 14.4 Å². The lowest BCUT2D eigenvalue weighted by atomic mass is 9.40. The Morgan fingerprint density at radius 3 is 2.30 bits per heavy atom. The molecule has 11 unspecified atom stereocenters. The van der Waals surface area contributed by atoms with Crippen molar-refractivity contribution >= 4 is 17.9 Å². The number of ether oxygens (including phenoxy) is 4. The molecule has 1 aliphatic heterocycles. The summed E-state index contributed by atoms with van der Waals surface area (Å²) < 4.78 is 23.4. The second kappa shape index (κ2) is 12.2. The van der Waals surface area contributed by atoms with Gasteiger partial charge >= 0.3 is 17.9 Å². The molecular weight excluding hydrogens is 564 g/mol. The number of hydrogen-bond acceptors (Lipinski definition) is 9. The first kappa shape index (κ1) is 34.6. The van der Waals surface area contributed by atoms with Gasteiger partial charge in [0.1, 0.15) is 18.3 Å². The van der Waals surface area contributed by atoms with E-state index in [0.717, 1.165) is 24.8 Å². The lowest BCUT2D eigenvalue weighted by molar-refractivity contribution is -0.207. The van der Waals surface area contributed by atoms with E-state index >= 15 is 0 Å². The zero-order valence-corrected chi connectivity index (χ0v) is 28.1. The van der Waals surface area contributed by atoms with Crippen molar-refractivity contribution in [1.29, 1.82) is 0 Å². The smallest absolute Gasteiger partial charge is 0.309 e. The van der Waals surface area contributed by atoms with Gasteiger partial charge in [0, 0.05) is 24.7 Å². The highest BCUT2D eigenvalue weighted by Gasteiger charge is 2.69. The first-order valence-electron chi connectivity index (χ1n) is 16.1. The van der Waals surface area contributed by atoms with Crippen molar-refractivity contribution < 1.29 is 43.5 Å². The van der Waals surface area contributed by atoms with Gasteiger partial charge in [0.2, 0.25) is 0 Å². The summed E-state index contributed by atoms with van der Waals surface area (Å²) in [5, 5.41) is 21.7. The van der Waals surface area contributed by atoms with Crippen LogP contribution < -0.4 is 0 Å². The maximum absolute atomic E-state index is 12.7. The zero-order chi connectivity index (χ0) is 33.0. The van der Waals surface area contributed by atoms with E-state index in [4.69, 9.17) is 18.9 Å². The molecular formula is C35H54O9. The van der Waals surface area contributed by atoms with Gasteiger partial charge in [0.25, 0.3) is 0 Å². The summed E-state index contributed by atoms with van der Waals surface area (Å²) in [5.74, 6) is -1.45. The number of esters is 3. The highest BCUT2D eigenvalue weighted by molar-refractivity contribution is 5.71. The molecule has 248 valence electrons. The number of carbonyl (C=O) groups excluding carboxylic acids is 3. The van der Waals surface area contributed by atoms with Crippen molar-refractivity contribution in [3.8, 4) is 0 Å². The van der Waals surface area contributed by atoms with E-state index < -0.39 is 52.8 Å². The Labute approximate surface area is 262 Å². The first-order valence-corrected chi connectivity index (χ1v) is 16.1. The minimum absolute atomic E-state index is 0.0127. The van der Waals surface area contributed by atoms with Gasteiger partial charge in [-0.25, -0.2) is 0 Å². The molecule has 44 heavy (non-hydrogen) atoms. The van der Waals surface area contributed by atoms with Crippen LogP contribution in [0.25, 0.3) is 0 Å². The highest BCUT2D eigenvalue weighted by Crippen LogP contribution is 2.71. The maximum atomic E-state index is 12.7. The molecule has 0 aromatic rings. The summed E-state index contributed by atoms with van der Waals surface area (Å²) in [6.07, 6.45) is 2.33. The van der Waals surface area contributed by atoms with Crippen LogP contribution in [0, 0.1) is 39.9 Å². The maximum Gasteiger partial charge on any atom is 0.309 e. The molecule has 2 N–H and O–H groups in total. The number of fused-ring (bicyclic) bond motifs is 3. The topological polar surface area (TPSA) is 129 Å². The Morgan fingerprint density at radius 2 is 1.73 bits per heavy atom. The molecule has 0 radical (unpaired) electrons. The predicted octanol–water partition coefficient (Wildman–Crippen LogP) is 4.92. The third-order valence-corrected chi connectivity index (χ3v) is 12.2. The van der Waals surface area contributed by atoms with E-state index in [9.17, 15) is 24.6 Å². The van der Waals surface area contributed by atoms with Gasteiger partial charge in [-0.15, -0.1) is 0 Å². The molecule has 4 aliphatic rings. The van der Waals surface area contributed by atoms with Crippen molar-refractivity contribution in [3.63, 3.8) is 0 Å². The van der Waals surface area contributed by atoms with Crippen LogP contribution in [-0.2, 0) is 33.3 Å². The number of aliphatic hydroxyl groups excluding tert-OH is 2. The van der Waals surface area contributed by atoms with Crippen LogP contribution >= 0.6 is 0 Å². The van der Waals surface area contributed by atoms with Crippen LogP contribution in [0.15, 0.2) is 23.8 Å². The molecule has 9 nitrogen and oxygen atoms in total. The molecule has 0 spiro atoms. The van der Waals surface area contributed by atoms with Crippen LogP contribution in [0.4, 0.5) is 0 Å². The third kappa shape index (κ3) is 5.66. The van der Waals surface area contributed by atoms with Gasteiger partial charge in [-0.1, -0.05) is 44.6 Å². The normalized spacial score (nSPS) is 42.1. The molecule has 2 saturated carbocycles. The second-order valence-electron chi connectivity index (χ2n) is 15.2. The lowest BCUT2D eigenvalue weighted by Crippen LogP contribution is -2.65. The van der Waals surface area contributed by atoms with Crippen LogP contribution in [0.3, 0.4) is 0 Å². The summed E-state index contributed by atoms with van der Waals surface area (Å²) >= 11 is 0. The van der Waals surface area contributed by atoms with Gasteiger partial charge in [-0.2, -0.15) is 0 Å². The Bertz CT molecular complexity index is 1190. The van der Waals surface area contributed by atoms with Gasteiger partial charge in [-0.05, 0) is 82.0 Å². The van der Waals surface area contributed by atoms with Crippen molar-refractivity contribution in [3.05, 3.63) is 23.8 Å². The van der Waals surface area contributed by atoms with E-state index in [1.54, 1.807) is 0 Å². The van der Waals surface area contributed by atoms with E-state index in [2.05, 4.69) is 33.4 Å². The molecule has 3 aliphatic carbocycles. The molecule has 0 amide bonds. The van der Waals surface area contributed by atoms with Crippen molar-refractivity contribution in [2.75, 3.05) is 13.7 Å². The van der Waals surface area contributed by atoms with E-state index in [0.29, 0.717) is 19.4 Å². The Kier molecular flexibility index (Phi) is 9.59. The van der Waals surface area contributed by atoms with Crippen LogP contribution in [0.1, 0.15) is 93.9 Å². The quantitative estimate of drug-likeness (QED) is 0.232. The van der Waals surface area contributed by atoms with E-state index in [-0.39, 0.29) is 41.5 Å². The van der Waals surface area contributed by atoms with E-state index in [1.807, 2.05) is 20.8 Å².